The van der Waals surface area contributed by atoms with Crippen molar-refractivity contribution in [2.45, 2.75) is 42.3 Å². The van der Waals surface area contributed by atoms with Crippen LogP contribution in [0.2, 0.25) is 0 Å². The summed E-state index contributed by atoms with van der Waals surface area (Å²) in [5.74, 6) is 2.88. The molecule has 180 valence electrons. The second kappa shape index (κ2) is 10.9. The zero-order chi connectivity index (χ0) is 24.1. The summed E-state index contributed by atoms with van der Waals surface area (Å²) in [5, 5.41) is 9.50. The Hall–Kier alpha value is -3.03. The van der Waals surface area contributed by atoms with Crippen LogP contribution in [0.4, 0.5) is 0 Å². The molecule has 3 unspecified atom stereocenters. The van der Waals surface area contributed by atoms with Crippen LogP contribution in [-0.2, 0) is 4.74 Å². The van der Waals surface area contributed by atoms with E-state index in [-0.39, 0.29) is 23.4 Å². The normalized spacial score (nSPS) is 18.4. The first-order chi connectivity index (χ1) is 16.5. The van der Waals surface area contributed by atoms with Crippen molar-refractivity contribution < 1.29 is 28.8 Å². The van der Waals surface area contributed by atoms with Crippen molar-refractivity contribution in [3.8, 4) is 28.7 Å². The van der Waals surface area contributed by atoms with Crippen LogP contribution in [-0.4, -0.2) is 31.9 Å². The van der Waals surface area contributed by atoms with Crippen LogP contribution in [0.25, 0.3) is 0 Å². The van der Waals surface area contributed by atoms with E-state index in [0.717, 1.165) is 34.6 Å². The Kier molecular flexibility index (Phi) is 7.75. The van der Waals surface area contributed by atoms with Gasteiger partial charge >= 0.3 is 0 Å². The number of rotatable bonds is 9. The van der Waals surface area contributed by atoms with Gasteiger partial charge in [-0.25, -0.2) is 0 Å². The van der Waals surface area contributed by atoms with E-state index >= 15 is 0 Å². The number of hydrogen-bond donors (Lipinski definition) is 1. The molecule has 0 bridgehead atoms. The number of hydrogen-bond acceptors (Lipinski definition) is 7. The average Bonchev–Trinajstić information content (AvgIpc) is 3.35. The van der Waals surface area contributed by atoms with Gasteiger partial charge in [0.15, 0.2) is 11.5 Å². The van der Waals surface area contributed by atoms with Gasteiger partial charge in [-0.2, -0.15) is 0 Å². The molecule has 1 aliphatic rings. The molecule has 1 heterocycles. The third-order valence-electron chi connectivity index (χ3n) is 5.78. The number of phenolic OH excluding ortho intramolecular Hbond substituents is 1. The molecule has 0 aromatic heterocycles. The highest BCUT2D eigenvalue weighted by molar-refractivity contribution is 7.99. The van der Waals surface area contributed by atoms with Gasteiger partial charge in [-0.1, -0.05) is 30.0 Å². The van der Waals surface area contributed by atoms with Crippen LogP contribution in [0, 0.1) is 0 Å². The van der Waals surface area contributed by atoms with E-state index in [4.69, 9.17) is 23.7 Å². The number of thioether (sulfide) groups is 1. The van der Waals surface area contributed by atoms with Crippen LogP contribution in [0.1, 0.15) is 43.1 Å². The monoisotopic (exact) mass is 482 g/mol. The molecule has 0 spiro atoms. The number of phenols is 1. The molecule has 6 nitrogen and oxygen atoms in total. The SMILES string of the molecule is COc1cc(C2CCC(c3ccccc3OC(C)Sc3ccc(O)cc3)O2)cc(OC)c1OC. The number of benzene rings is 3. The average molecular weight is 483 g/mol. The quantitative estimate of drug-likeness (QED) is 0.275. The van der Waals surface area contributed by atoms with E-state index < -0.39 is 0 Å². The number of ether oxygens (including phenoxy) is 5. The Morgan fingerprint density at radius 2 is 1.50 bits per heavy atom. The van der Waals surface area contributed by atoms with Gasteiger partial charge in [0.25, 0.3) is 0 Å². The molecular formula is C27H30O6S. The summed E-state index contributed by atoms with van der Waals surface area (Å²) in [6.07, 6.45) is 1.58. The number of para-hydroxylation sites is 1. The molecule has 0 saturated carbocycles. The molecule has 0 amide bonds. The molecule has 34 heavy (non-hydrogen) atoms. The first-order valence-electron chi connectivity index (χ1n) is 11.2. The summed E-state index contributed by atoms with van der Waals surface area (Å²) in [6, 6.07) is 19.1. The summed E-state index contributed by atoms with van der Waals surface area (Å²) < 4.78 is 29.3. The predicted molar refractivity (Wildman–Crippen MR) is 132 cm³/mol. The lowest BCUT2D eigenvalue weighted by molar-refractivity contribution is 0.0420. The van der Waals surface area contributed by atoms with Gasteiger partial charge in [-0.05, 0) is 67.8 Å². The zero-order valence-corrected chi connectivity index (χ0v) is 20.6. The standard InChI is InChI=1S/C27H30O6S/c1-17(34-20-11-9-19(28)10-12-20)32-23-8-6-5-7-21(23)24-14-13-22(33-24)18-15-25(29-2)27(31-4)26(16-18)30-3/h5-12,15-17,22,24,28H,13-14H2,1-4H3. The number of methoxy groups -OCH3 is 3. The highest BCUT2D eigenvalue weighted by atomic mass is 32.2. The molecule has 1 N–H and O–H groups in total. The topological polar surface area (TPSA) is 66.4 Å². The maximum atomic E-state index is 9.50. The van der Waals surface area contributed by atoms with Gasteiger partial charge in [0.2, 0.25) is 5.75 Å². The fourth-order valence-electron chi connectivity index (χ4n) is 4.17. The van der Waals surface area contributed by atoms with Crippen molar-refractivity contribution in [3.05, 3.63) is 71.8 Å². The lowest BCUT2D eigenvalue weighted by atomic mass is 10.0. The molecule has 3 aromatic rings. The molecule has 1 aliphatic heterocycles. The minimum Gasteiger partial charge on any atom is -0.508 e. The lowest BCUT2D eigenvalue weighted by Crippen LogP contribution is -2.10. The van der Waals surface area contributed by atoms with Crippen molar-refractivity contribution in [2.75, 3.05) is 21.3 Å². The van der Waals surface area contributed by atoms with Crippen LogP contribution < -0.4 is 18.9 Å². The Labute approximate surface area is 204 Å². The van der Waals surface area contributed by atoms with Crippen molar-refractivity contribution in [2.24, 2.45) is 0 Å². The van der Waals surface area contributed by atoms with E-state index in [9.17, 15) is 5.11 Å². The molecule has 1 saturated heterocycles. The molecule has 3 atom stereocenters. The van der Waals surface area contributed by atoms with E-state index in [1.807, 2.05) is 49.4 Å². The van der Waals surface area contributed by atoms with E-state index in [2.05, 4.69) is 6.07 Å². The van der Waals surface area contributed by atoms with Gasteiger partial charge in [0, 0.05) is 10.5 Å². The summed E-state index contributed by atoms with van der Waals surface area (Å²) in [5.41, 5.74) is 1.92. The van der Waals surface area contributed by atoms with Gasteiger partial charge in [0.05, 0.1) is 33.5 Å². The molecule has 0 aliphatic carbocycles. The minimum atomic E-state index is -0.113. The molecule has 3 aromatic carbocycles. The second-order valence-electron chi connectivity index (χ2n) is 7.98. The fourth-order valence-corrected chi connectivity index (χ4v) is 5.00. The summed E-state index contributed by atoms with van der Waals surface area (Å²) in [7, 11) is 4.83. The maximum Gasteiger partial charge on any atom is 0.203 e. The van der Waals surface area contributed by atoms with E-state index in [1.54, 1.807) is 45.2 Å². The predicted octanol–water partition coefficient (Wildman–Crippen LogP) is 6.53. The Balaban J connectivity index is 1.49. The van der Waals surface area contributed by atoms with Crippen LogP contribution in [0.5, 0.6) is 28.7 Å². The second-order valence-corrected chi connectivity index (χ2v) is 9.36. The highest BCUT2D eigenvalue weighted by Gasteiger charge is 2.31. The Morgan fingerprint density at radius 3 is 2.15 bits per heavy atom. The third kappa shape index (κ3) is 5.37. The zero-order valence-electron chi connectivity index (χ0n) is 19.8. The van der Waals surface area contributed by atoms with Gasteiger partial charge < -0.3 is 28.8 Å². The molecule has 4 rings (SSSR count). The van der Waals surface area contributed by atoms with Crippen LogP contribution >= 0.6 is 11.8 Å². The summed E-state index contributed by atoms with van der Waals surface area (Å²) in [4.78, 5) is 1.03. The van der Waals surface area contributed by atoms with Gasteiger partial charge in [-0.3, -0.25) is 0 Å². The van der Waals surface area contributed by atoms with Gasteiger partial charge in [0.1, 0.15) is 16.9 Å². The summed E-state index contributed by atoms with van der Waals surface area (Å²) in [6.45, 7) is 2.02. The smallest absolute Gasteiger partial charge is 0.203 e. The molecular weight excluding hydrogens is 452 g/mol. The van der Waals surface area contributed by atoms with Gasteiger partial charge in [-0.15, -0.1) is 0 Å². The minimum absolute atomic E-state index is 0.0776. The third-order valence-corrected chi connectivity index (χ3v) is 6.75. The van der Waals surface area contributed by atoms with Crippen molar-refractivity contribution in [3.63, 3.8) is 0 Å². The Bertz CT molecular complexity index is 1080. The fraction of sp³-hybridized carbons (Fsp3) is 0.333. The van der Waals surface area contributed by atoms with Crippen LogP contribution in [0.3, 0.4) is 0 Å². The number of aromatic hydroxyl groups is 1. The van der Waals surface area contributed by atoms with Crippen molar-refractivity contribution in [1.29, 1.82) is 0 Å². The van der Waals surface area contributed by atoms with Crippen molar-refractivity contribution >= 4 is 11.8 Å². The lowest BCUT2D eigenvalue weighted by Gasteiger charge is -2.21. The first kappa shape index (κ1) is 24.1. The highest BCUT2D eigenvalue weighted by Crippen LogP contribution is 2.47. The Morgan fingerprint density at radius 1 is 0.853 bits per heavy atom. The summed E-state index contributed by atoms with van der Waals surface area (Å²) >= 11 is 1.59. The van der Waals surface area contributed by atoms with Crippen molar-refractivity contribution in [1.82, 2.24) is 0 Å². The van der Waals surface area contributed by atoms with E-state index in [0.29, 0.717) is 17.2 Å². The molecule has 7 heteroatoms. The first-order valence-corrected chi connectivity index (χ1v) is 12.1. The van der Waals surface area contributed by atoms with E-state index in [1.165, 1.54) is 0 Å². The van der Waals surface area contributed by atoms with Crippen LogP contribution in [0.15, 0.2) is 65.6 Å². The molecule has 0 radical (unpaired) electrons. The maximum absolute atomic E-state index is 9.50. The largest absolute Gasteiger partial charge is 0.508 e. The molecule has 1 fully saturated rings.